The molecule has 0 amide bonds. The Bertz CT molecular complexity index is 1260. The predicted octanol–water partition coefficient (Wildman–Crippen LogP) is 5.82. The van der Waals surface area contributed by atoms with Crippen LogP contribution in [0.15, 0.2) is 59.1 Å². The van der Waals surface area contributed by atoms with Crippen molar-refractivity contribution in [2.24, 2.45) is 0 Å². The van der Waals surface area contributed by atoms with E-state index in [-0.39, 0.29) is 5.97 Å². The fourth-order valence-electron chi connectivity index (χ4n) is 3.94. The van der Waals surface area contributed by atoms with Crippen molar-refractivity contribution in [1.82, 2.24) is 9.55 Å². The number of benzene rings is 2. The number of esters is 1. The summed E-state index contributed by atoms with van der Waals surface area (Å²) in [6.45, 7) is 6.91. The fourth-order valence-corrected chi connectivity index (χ4v) is 4.15. The van der Waals surface area contributed by atoms with Gasteiger partial charge in [0.15, 0.2) is 6.10 Å². The summed E-state index contributed by atoms with van der Waals surface area (Å²) >= 11 is 6.32. The minimum Gasteiger partial charge on any atom is -0.464 e. The molecule has 172 valence electrons. The van der Waals surface area contributed by atoms with Gasteiger partial charge in [-0.3, -0.25) is 0 Å². The molecule has 1 atom stereocenters. The summed E-state index contributed by atoms with van der Waals surface area (Å²) in [5, 5.41) is 1.67. The average Bonchev–Trinajstić information content (AvgIpc) is 3.38. The average molecular weight is 467 g/mol. The Kier molecular flexibility index (Phi) is 7.16. The van der Waals surface area contributed by atoms with Crippen molar-refractivity contribution in [2.45, 2.75) is 39.8 Å². The van der Waals surface area contributed by atoms with Gasteiger partial charge in [-0.2, -0.15) is 0 Å². The van der Waals surface area contributed by atoms with Gasteiger partial charge in [-0.1, -0.05) is 35.9 Å². The summed E-state index contributed by atoms with van der Waals surface area (Å²) in [6.07, 6.45) is 1.85. The molecule has 0 saturated heterocycles. The largest absolute Gasteiger partial charge is 0.464 e. The molecule has 2 heterocycles. The van der Waals surface area contributed by atoms with Crippen molar-refractivity contribution in [3.05, 3.63) is 76.8 Å². The first-order chi connectivity index (χ1) is 16.0. The SMILES string of the molecule is CCOC(=O)C(Cc1cccc2c1ccn2Cc1nc(-c2ccccc2Cl)oc1C)OCC. The van der Waals surface area contributed by atoms with E-state index in [2.05, 4.69) is 16.7 Å². The molecule has 2 aromatic heterocycles. The van der Waals surface area contributed by atoms with E-state index in [0.717, 1.165) is 33.5 Å². The molecule has 0 bridgehead atoms. The van der Waals surface area contributed by atoms with E-state index < -0.39 is 6.10 Å². The number of aryl methyl sites for hydroxylation is 1. The van der Waals surface area contributed by atoms with Crippen molar-refractivity contribution in [2.75, 3.05) is 13.2 Å². The molecule has 0 spiro atoms. The molecule has 0 N–H and O–H groups in total. The number of hydrogen-bond acceptors (Lipinski definition) is 5. The number of fused-ring (bicyclic) bond motifs is 1. The Morgan fingerprint density at radius 1 is 1.12 bits per heavy atom. The molecule has 0 radical (unpaired) electrons. The minimum atomic E-state index is -0.625. The molecule has 33 heavy (non-hydrogen) atoms. The lowest BCUT2D eigenvalue weighted by molar-refractivity contribution is -0.156. The number of carbonyl (C=O) groups is 1. The summed E-state index contributed by atoms with van der Waals surface area (Å²) in [5.74, 6) is 0.932. The van der Waals surface area contributed by atoms with Crippen LogP contribution in [0.5, 0.6) is 0 Å². The normalized spacial score (nSPS) is 12.2. The van der Waals surface area contributed by atoms with E-state index in [1.54, 1.807) is 6.92 Å². The number of nitrogens with zero attached hydrogens (tertiary/aromatic N) is 2. The van der Waals surface area contributed by atoms with Crippen LogP contribution in [0, 0.1) is 6.92 Å². The Hall–Kier alpha value is -3.09. The highest BCUT2D eigenvalue weighted by molar-refractivity contribution is 6.33. The van der Waals surface area contributed by atoms with Gasteiger partial charge in [-0.05, 0) is 50.6 Å². The van der Waals surface area contributed by atoms with Gasteiger partial charge < -0.3 is 18.5 Å². The van der Waals surface area contributed by atoms with Crippen molar-refractivity contribution in [3.8, 4) is 11.5 Å². The maximum atomic E-state index is 12.3. The topological polar surface area (TPSA) is 66.5 Å². The lowest BCUT2D eigenvalue weighted by Gasteiger charge is -2.16. The number of aromatic nitrogens is 2. The molecule has 0 fully saturated rings. The molecule has 0 saturated carbocycles. The number of carbonyl (C=O) groups excluding carboxylic acids is 1. The minimum absolute atomic E-state index is 0.330. The first-order valence-electron chi connectivity index (χ1n) is 11.1. The Labute approximate surface area is 198 Å². The summed E-state index contributed by atoms with van der Waals surface area (Å²) in [6, 6.07) is 15.6. The second-order valence-electron chi connectivity index (χ2n) is 7.70. The van der Waals surface area contributed by atoms with Crippen LogP contribution in [-0.4, -0.2) is 34.8 Å². The molecular weight excluding hydrogens is 440 g/mol. The van der Waals surface area contributed by atoms with Gasteiger partial charge in [-0.15, -0.1) is 0 Å². The number of rotatable bonds is 9. The van der Waals surface area contributed by atoms with Crippen LogP contribution in [-0.2, 0) is 27.2 Å². The molecule has 7 heteroatoms. The van der Waals surface area contributed by atoms with Crippen molar-refractivity contribution in [1.29, 1.82) is 0 Å². The van der Waals surface area contributed by atoms with E-state index in [1.807, 2.05) is 56.4 Å². The van der Waals surface area contributed by atoms with Crippen molar-refractivity contribution in [3.63, 3.8) is 0 Å². The molecule has 2 aromatic carbocycles. The van der Waals surface area contributed by atoms with Crippen LogP contribution >= 0.6 is 11.6 Å². The second kappa shape index (κ2) is 10.2. The summed E-state index contributed by atoms with van der Waals surface area (Å²) in [7, 11) is 0. The van der Waals surface area contributed by atoms with Crippen molar-refractivity contribution < 1.29 is 18.7 Å². The monoisotopic (exact) mass is 466 g/mol. The van der Waals surface area contributed by atoms with Crippen LogP contribution in [0.25, 0.3) is 22.4 Å². The zero-order valence-corrected chi connectivity index (χ0v) is 19.8. The standard InChI is InChI=1S/C26H27ClN2O4/c1-4-31-24(26(30)32-5-2)15-18-9-8-12-23-19(18)13-14-29(23)16-22-17(3)33-25(28-22)20-10-6-7-11-21(20)27/h6-14,24H,4-5,15-16H2,1-3H3. The van der Waals surface area contributed by atoms with Gasteiger partial charge in [-0.25, -0.2) is 9.78 Å². The van der Waals surface area contributed by atoms with Crippen LogP contribution in [0.3, 0.4) is 0 Å². The Morgan fingerprint density at radius 3 is 2.70 bits per heavy atom. The van der Waals surface area contributed by atoms with Crippen LogP contribution in [0.2, 0.25) is 5.02 Å². The molecule has 0 aliphatic heterocycles. The zero-order valence-electron chi connectivity index (χ0n) is 19.0. The number of halogens is 1. The third-order valence-corrected chi connectivity index (χ3v) is 5.87. The fraction of sp³-hybridized carbons (Fsp3) is 0.308. The van der Waals surface area contributed by atoms with Crippen molar-refractivity contribution >= 4 is 28.5 Å². The summed E-state index contributed by atoms with van der Waals surface area (Å²) < 4.78 is 18.9. The van der Waals surface area contributed by atoms with Crippen LogP contribution in [0.1, 0.15) is 30.9 Å². The van der Waals surface area contributed by atoms with E-state index in [9.17, 15) is 4.79 Å². The van der Waals surface area contributed by atoms with Gasteiger partial charge in [0.25, 0.3) is 0 Å². The molecule has 0 aliphatic rings. The van der Waals surface area contributed by atoms with Gasteiger partial charge >= 0.3 is 5.97 Å². The van der Waals surface area contributed by atoms with E-state index in [4.69, 9.17) is 30.5 Å². The molecular formula is C26H27ClN2O4. The van der Waals surface area contributed by atoms with E-state index in [0.29, 0.717) is 37.1 Å². The maximum absolute atomic E-state index is 12.3. The van der Waals surface area contributed by atoms with Gasteiger partial charge in [0.2, 0.25) is 5.89 Å². The van der Waals surface area contributed by atoms with Crippen LogP contribution in [0.4, 0.5) is 0 Å². The lowest BCUT2D eigenvalue weighted by atomic mass is 10.0. The zero-order chi connectivity index (χ0) is 23.4. The smallest absolute Gasteiger partial charge is 0.335 e. The Morgan fingerprint density at radius 2 is 1.94 bits per heavy atom. The highest BCUT2D eigenvalue weighted by Crippen LogP contribution is 2.29. The second-order valence-corrected chi connectivity index (χ2v) is 8.10. The lowest BCUT2D eigenvalue weighted by Crippen LogP contribution is -2.29. The molecule has 6 nitrogen and oxygen atoms in total. The van der Waals surface area contributed by atoms with E-state index in [1.165, 1.54) is 0 Å². The highest BCUT2D eigenvalue weighted by Gasteiger charge is 2.22. The molecule has 4 rings (SSSR count). The number of oxazole rings is 1. The summed E-state index contributed by atoms with van der Waals surface area (Å²) in [4.78, 5) is 17.0. The number of ether oxygens (including phenoxy) is 2. The van der Waals surface area contributed by atoms with Gasteiger partial charge in [0.05, 0.1) is 23.7 Å². The van der Waals surface area contributed by atoms with Gasteiger partial charge in [0, 0.05) is 30.1 Å². The predicted molar refractivity (Wildman–Crippen MR) is 128 cm³/mol. The maximum Gasteiger partial charge on any atom is 0.335 e. The third kappa shape index (κ3) is 4.97. The molecule has 0 aliphatic carbocycles. The first kappa shape index (κ1) is 23.1. The quantitative estimate of drug-likeness (QED) is 0.291. The van der Waals surface area contributed by atoms with Crippen LogP contribution < -0.4 is 0 Å². The molecule has 1 unspecified atom stereocenters. The molecule has 4 aromatic rings. The van der Waals surface area contributed by atoms with Gasteiger partial charge in [0.1, 0.15) is 11.5 Å². The summed E-state index contributed by atoms with van der Waals surface area (Å²) in [5.41, 5.74) is 3.69. The van der Waals surface area contributed by atoms with E-state index >= 15 is 0 Å². The highest BCUT2D eigenvalue weighted by atomic mass is 35.5. The third-order valence-electron chi connectivity index (χ3n) is 5.54. The number of hydrogen-bond donors (Lipinski definition) is 0. The Balaban J connectivity index is 1.61. The first-order valence-corrected chi connectivity index (χ1v) is 11.5.